The van der Waals surface area contributed by atoms with E-state index in [0.717, 1.165) is 11.6 Å². The number of alkyl halides is 2. The highest BCUT2D eigenvalue weighted by molar-refractivity contribution is 7.17. The molecule has 214 valence electrons. The predicted octanol–water partition coefficient (Wildman–Crippen LogP) is 4.21. The lowest BCUT2D eigenvalue weighted by atomic mass is 9.96. The summed E-state index contributed by atoms with van der Waals surface area (Å²) in [5.74, 6) is -4.63. The molecule has 1 saturated heterocycles. The first-order valence-corrected chi connectivity index (χ1v) is 14.3. The Hall–Kier alpha value is -3.96. The number of rotatable bonds is 6. The van der Waals surface area contributed by atoms with Crippen molar-refractivity contribution < 1.29 is 23.2 Å². The Labute approximate surface area is 241 Å². The molecule has 3 amide bonds. The topological polar surface area (TPSA) is 99.8 Å². The van der Waals surface area contributed by atoms with Gasteiger partial charge in [0.2, 0.25) is 11.8 Å². The van der Waals surface area contributed by atoms with Crippen LogP contribution in [0.2, 0.25) is 0 Å². The van der Waals surface area contributed by atoms with E-state index in [4.69, 9.17) is 5.73 Å². The van der Waals surface area contributed by atoms with Crippen molar-refractivity contribution >= 4 is 40.3 Å². The Bertz CT molecular complexity index is 1480. The van der Waals surface area contributed by atoms with Crippen LogP contribution < -0.4 is 10.6 Å². The minimum Gasteiger partial charge on any atom is -0.370 e. The molecule has 2 aromatic carbocycles. The van der Waals surface area contributed by atoms with E-state index in [1.807, 2.05) is 35.2 Å². The lowest BCUT2D eigenvalue weighted by Crippen LogP contribution is -2.49. The summed E-state index contributed by atoms with van der Waals surface area (Å²) in [5.41, 5.74) is 6.73. The van der Waals surface area contributed by atoms with Crippen LogP contribution in [0.25, 0.3) is 16.1 Å². The van der Waals surface area contributed by atoms with Gasteiger partial charge in [-0.1, -0.05) is 48.5 Å². The van der Waals surface area contributed by atoms with Gasteiger partial charge in [0.25, 0.3) is 11.8 Å². The number of nitrogens with zero attached hydrogens (tertiary/aromatic N) is 4. The summed E-state index contributed by atoms with van der Waals surface area (Å²) in [5, 5.41) is 0.681. The lowest BCUT2D eigenvalue weighted by Gasteiger charge is -2.34. The number of thiazole rings is 1. The minimum atomic E-state index is -3.33. The number of halogens is 2. The zero-order valence-electron chi connectivity index (χ0n) is 22.7. The summed E-state index contributed by atoms with van der Waals surface area (Å²) in [4.78, 5) is 48.0. The second kappa shape index (κ2) is 11.9. The summed E-state index contributed by atoms with van der Waals surface area (Å²) >= 11 is 1.24. The molecule has 2 N–H and O–H groups in total. The van der Waals surface area contributed by atoms with E-state index in [2.05, 4.69) is 4.98 Å². The van der Waals surface area contributed by atoms with Gasteiger partial charge in [-0.05, 0) is 13.0 Å². The molecular weight excluding hydrogens is 548 g/mol. The maximum Gasteiger partial charge on any atom is 0.275 e. The number of aryl methyl sites for hydroxylation is 1. The number of hydrogen-bond donors (Lipinski definition) is 1. The van der Waals surface area contributed by atoms with Gasteiger partial charge in [-0.2, -0.15) is 0 Å². The standard InChI is InChI=1S/C30H31F2N5O3S/c1-20-27(41-28(34-20)21-7-3-2-4-8-21)29(40)37-14-12-30(31,32)23(22-9-5-6-10-24(22)37)19-26(39)36-17-15-35(16-18-36)13-11-25(33)38/h2-10,19H,11-18H2,1H3,(H2,33,38)/b23-19-. The number of carbonyl (C=O) groups excluding carboxylic acids is 3. The van der Waals surface area contributed by atoms with Crippen LogP contribution in [-0.2, 0) is 9.59 Å². The molecule has 0 saturated carbocycles. The number of piperazine rings is 1. The van der Waals surface area contributed by atoms with Gasteiger partial charge >= 0.3 is 0 Å². The van der Waals surface area contributed by atoms with E-state index in [9.17, 15) is 14.4 Å². The molecule has 0 radical (unpaired) electrons. The third kappa shape index (κ3) is 6.20. The summed E-state index contributed by atoms with van der Waals surface area (Å²) in [7, 11) is 0. The van der Waals surface area contributed by atoms with Gasteiger partial charge in [0.15, 0.2) is 0 Å². The molecule has 2 aliphatic rings. The Morgan fingerprint density at radius 1 is 1.00 bits per heavy atom. The van der Waals surface area contributed by atoms with Crippen LogP contribution in [0.4, 0.5) is 14.5 Å². The highest BCUT2D eigenvalue weighted by atomic mass is 32.1. The van der Waals surface area contributed by atoms with E-state index < -0.39 is 35.6 Å². The summed E-state index contributed by atoms with van der Waals surface area (Å²) in [6.07, 6.45) is 0.624. The number of benzene rings is 2. The molecule has 2 aliphatic heterocycles. The molecule has 11 heteroatoms. The Balaban J connectivity index is 1.41. The van der Waals surface area contributed by atoms with E-state index in [1.165, 1.54) is 27.2 Å². The summed E-state index contributed by atoms with van der Waals surface area (Å²) < 4.78 is 31.4. The van der Waals surface area contributed by atoms with Crippen LogP contribution in [0, 0.1) is 6.92 Å². The molecule has 0 atom stereocenters. The number of nitrogens with two attached hydrogens (primary N) is 1. The highest BCUT2D eigenvalue weighted by Gasteiger charge is 2.42. The molecule has 1 fully saturated rings. The number of carbonyl (C=O) groups is 3. The number of para-hydroxylation sites is 1. The second-order valence-corrected chi connectivity index (χ2v) is 11.2. The average Bonchev–Trinajstić information content (AvgIpc) is 3.32. The number of amides is 3. The molecule has 0 aliphatic carbocycles. The maximum atomic E-state index is 15.7. The van der Waals surface area contributed by atoms with Gasteiger partial charge in [-0.15, -0.1) is 11.3 Å². The average molecular weight is 580 g/mol. The van der Waals surface area contributed by atoms with Crippen LogP contribution in [0.5, 0.6) is 0 Å². The third-order valence-corrected chi connectivity index (χ3v) is 8.61. The van der Waals surface area contributed by atoms with Crippen molar-refractivity contribution in [2.75, 3.05) is 44.2 Å². The van der Waals surface area contributed by atoms with Crippen LogP contribution in [0.1, 0.15) is 33.8 Å². The van der Waals surface area contributed by atoms with Crippen LogP contribution in [0.15, 0.2) is 60.7 Å². The lowest BCUT2D eigenvalue weighted by molar-refractivity contribution is -0.128. The molecule has 3 heterocycles. The first kappa shape index (κ1) is 28.6. The third-order valence-electron chi connectivity index (χ3n) is 7.41. The fourth-order valence-electron chi connectivity index (χ4n) is 5.13. The van der Waals surface area contributed by atoms with Crippen molar-refractivity contribution in [3.05, 3.63) is 76.8 Å². The van der Waals surface area contributed by atoms with Crippen molar-refractivity contribution in [3.63, 3.8) is 0 Å². The van der Waals surface area contributed by atoms with Gasteiger partial charge < -0.3 is 15.5 Å². The number of anilines is 1. The zero-order chi connectivity index (χ0) is 29.1. The summed E-state index contributed by atoms with van der Waals surface area (Å²) in [6, 6.07) is 16.0. The van der Waals surface area contributed by atoms with Crippen molar-refractivity contribution in [2.45, 2.75) is 25.7 Å². The fraction of sp³-hybridized carbons (Fsp3) is 0.333. The number of fused-ring (bicyclic) bond motifs is 1. The largest absolute Gasteiger partial charge is 0.370 e. The van der Waals surface area contributed by atoms with Gasteiger partial charge in [0.05, 0.1) is 11.4 Å². The van der Waals surface area contributed by atoms with Crippen LogP contribution >= 0.6 is 11.3 Å². The predicted molar refractivity (Wildman–Crippen MR) is 155 cm³/mol. The van der Waals surface area contributed by atoms with E-state index in [0.29, 0.717) is 54.0 Å². The van der Waals surface area contributed by atoms with E-state index in [1.54, 1.807) is 25.1 Å². The molecule has 0 bridgehead atoms. The number of aromatic nitrogens is 1. The highest BCUT2D eigenvalue weighted by Crippen LogP contribution is 2.44. The second-order valence-electron chi connectivity index (χ2n) is 10.2. The maximum absolute atomic E-state index is 15.7. The van der Waals surface area contributed by atoms with Gasteiger partial charge in [0, 0.05) is 74.9 Å². The quantitative estimate of drug-likeness (QED) is 0.441. The van der Waals surface area contributed by atoms with Crippen molar-refractivity contribution in [3.8, 4) is 10.6 Å². The molecule has 8 nitrogen and oxygen atoms in total. The van der Waals surface area contributed by atoms with E-state index >= 15 is 8.78 Å². The normalized spacial score (nSPS) is 18.2. The summed E-state index contributed by atoms with van der Waals surface area (Å²) in [6.45, 7) is 3.78. The van der Waals surface area contributed by atoms with Crippen LogP contribution in [0.3, 0.4) is 0 Å². The van der Waals surface area contributed by atoms with Crippen molar-refractivity contribution in [1.82, 2.24) is 14.8 Å². The van der Waals surface area contributed by atoms with Crippen LogP contribution in [-0.4, -0.2) is 77.7 Å². The number of primary amides is 1. The van der Waals surface area contributed by atoms with E-state index in [-0.39, 0.29) is 18.5 Å². The van der Waals surface area contributed by atoms with Gasteiger partial charge in [-0.3, -0.25) is 19.3 Å². The Morgan fingerprint density at radius 2 is 1.68 bits per heavy atom. The Kier molecular flexibility index (Phi) is 8.27. The monoisotopic (exact) mass is 579 g/mol. The number of allylic oxidation sites excluding steroid dienone is 1. The molecule has 3 aromatic rings. The molecule has 0 spiro atoms. The smallest absolute Gasteiger partial charge is 0.275 e. The molecule has 5 rings (SSSR count). The SMILES string of the molecule is Cc1nc(-c2ccccc2)sc1C(=O)N1CCC(F)(F)/C(=C\C(=O)N2CCN(CCC(N)=O)CC2)c2ccccc21. The molecule has 0 unspecified atom stereocenters. The van der Waals surface area contributed by atoms with Gasteiger partial charge in [-0.25, -0.2) is 13.8 Å². The zero-order valence-corrected chi connectivity index (χ0v) is 23.5. The van der Waals surface area contributed by atoms with Crippen molar-refractivity contribution in [2.24, 2.45) is 5.73 Å². The van der Waals surface area contributed by atoms with Gasteiger partial charge in [0.1, 0.15) is 9.88 Å². The molecule has 41 heavy (non-hydrogen) atoms. The minimum absolute atomic E-state index is 0.155. The molecule has 1 aromatic heterocycles. The first-order chi connectivity index (χ1) is 19.6. The van der Waals surface area contributed by atoms with Crippen molar-refractivity contribution in [1.29, 1.82) is 0 Å². The number of hydrogen-bond acceptors (Lipinski definition) is 6. The molecular formula is C30H31F2N5O3S. The fourth-order valence-corrected chi connectivity index (χ4v) is 6.15. The first-order valence-electron chi connectivity index (χ1n) is 13.5. The Morgan fingerprint density at radius 3 is 2.39 bits per heavy atom.